The summed E-state index contributed by atoms with van der Waals surface area (Å²) in [5, 5.41) is 27.4. The van der Waals surface area contributed by atoms with Crippen LogP contribution in [0.3, 0.4) is 0 Å². The maximum Gasteiger partial charge on any atom is 0.316 e. The predicted octanol–water partition coefficient (Wildman–Crippen LogP) is 1.78. The Morgan fingerprint density at radius 2 is 1.83 bits per heavy atom. The lowest BCUT2D eigenvalue weighted by atomic mass is 10.1. The zero-order valence-corrected chi connectivity index (χ0v) is 18.3. The second-order valence-electron chi connectivity index (χ2n) is 6.97. The third-order valence-corrected chi connectivity index (χ3v) is 6.03. The Bertz CT molecular complexity index is 559. The fraction of sp³-hybridized carbons (Fsp3) is 0.650. The Hall–Kier alpha value is -1.40. The first-order valence-corrected chi connectivity index (χ1v) is 11.2. The number of carboxylic acid groups (broad SMARTS) is 1. The predicted molar refractivity (Wildman–Crippen MR) is 117 cm³/mol. The molecule has 9 nitrogen and oxygen atoms in total. The maximum absolute atomic E-state index is 11.5. The molecule has 1 heterocycles. The van der Waals surface area contributed by atoms with E-state index in [1.807, 2.05) is 24.3 Å². The van der Waals surface area contributed by atoms with Crippen molar-refractivity contribution >= 4 is 17.7 Å². The average Bonchev–Trinajstić information content (AvgIpc) is 2.78. The lowest BCUT2D eigenvalue weighted by Crippen LogP contribution is -2.44. The van der Waals surface area contributed by atoms with E-state index >= 15 is 0 Å². The summed E-state index contributed by atoms with van der Waals surface area (Å²) < 4.78 is 5.82. The summed E-state index contributed by atoms with van der Waals surface area (Å²) in [6, 6.07) is 7.71. The van der Waals surface area contributed by atoms with E-state index < -0.39 is 11.2 Å². The zero-order valence-electron chi connectivity index (χ0n) is 17.5. The molecule has 10 heteroatoms. The summed E-state index contributed by atoms with van der Waals surface area (Å²) in [6.45, 7) is 6.37. The van der Waals surface area contributed by atoms with Gasteiger partial charge in [0, 0.05) is 44.2 Å². The fourth-order valence-electron chi connectivity index (χ4n) is 3.13. The van der Waals surface area contributed by atoms with E-state index in [-0.39, 0.29) is 0 Å². The molecule has 172 valence electrons. The molecule has 1 saturated heterocycles. The number of rotatable bonds is 14. The van der Waals surface area contributed by atoms with Gasteiger partial charge in [-0.15, -0.1) is 11.8 Å². The van der Waals surface area contributed by atoms with Gasteiger partial charge in [0.25, 0.3) is 0 Å². The molecule has 1 aromatic rings. The molecule has 7 N–H and O–H groups in total. The molecule has 0 aliphatic carbocycles. The maximum atomic E-state index is 11.5. The van der Waals surface area contributed by atoms with Crippen molar-refractivity contribution in [1.82, 2.24) is 15.7 Å². The lowest BCUT2D eigenvalue weighted by molar-refractivity contribution is -0.136. The highest BCUT2D eigenvalue weighted by Crippen LogP contribution is 2.28. The third kappa shape index (κ3) is 11.7. The SMILES string of the molecule is NO.O=C(O)C(CCCCCCNO)Sc1ccc(OCCN2CCNCC2)cc1. The molecule has 30 heavy (non-hydrogen) atoms. The van der Waals surface area contributed by atoms with Crippen LogP contribution in [0.2, 0.25) is 0 Å². The smallest absolute Gasteiger partial charge is 0.316 e. The van der Waals surface area contributed by atoms with E-state index in [0.717, 1.165) is 69.1 Å². The van der Waals surface area contributed by atoms with Gasteiger partial charge in [0.2, 0.25) is 0 Å². The largest absolute Gasteiger partial charge is 0.492 e. The van der Waals surface area contributed by atoms with Crippen molar-refractivity contribution in [3.05, 3.63) is 24.3 Å². The van der Waals surface area contributed by atoms with E-state index in [1.165, 1.54) is 11.8 Å². The molecule has 0 saturated carbocycles. The number of nitrogens with zero attached hydrogens (tertiary/aromatic N) is 1. The first kappa shape index (κ1) is 26.6. The standard InChI is InChI=1S/C20H33N3O4S.H3NO/c24-20(25)19(5-3-1-2-4-10-22-26)28-18-8-6-17(7-9-18)27-16-15-23-13-11-21-12-14-23;1-2/h6-9,19,21-22,26H,1-5,10-16H2,(H,24,25);2H,1H2. The van der Waals surface area contributed by atoms with Gasteiger partial charge >= 0.3 is 5.97 Å². The van der Waals surface area contributed by atoms with E-state index in [2.05, 4.69) is 21.6 Å². The summed E-state index contributed by atoms with van der Waals surface area (Å²) in [7, 11) is 0. The van der Waals surface area contributed by atoms with Gasteiger partial charge in [0.1, 0.15) is 17.6 Å². The van der Waals surface area contributed by atoms with Gasteiger partial charge in [-0.1, -0.05) is 19.3 Å². The van der Waals surface area contributed by atoms with Crippen LogP contribution in [-0.4, -0.2) is 77.5 Å². The van der Waals surface area contributed by atoms with Crippen molar-refractivity contribution in [2.75, 3.05) is 45.9 Å². The van der Waals surface area contributed by atoms with Gasteiger partial charge < -0.3 is 25.6 Å². The van der Waals surface area contributed by atoms with Crippen LogP contribution < -0.4 is 21.4 Å². The minimum absolute atomic E-state index is 0.435. The van der Waals surface area contributed by atoms with E-state index in [4.69, 9.17) is 15.2 Å². The number of nitrogens with one attached hydrogen (secondary N) is 2. The number of aliphatic carboxylic acids is 1. The molecule has 0 radical (unpaired) electrons. The van der Waals surface area contributed by atoms with Gasteiger partial charge in [-0.25, -0.2) is 11.4 Å². The van der Waals surface area contributed by atoms with Crippen LogP contribution in [0.4, 0.5) is 0 Å². The molecule has 0 spiro atoms. The molecule has 0 aromatic heterocycles. The molecule has 1 aliphatic rings. The van der Waals surface area contributed by atoms with Gasteiger partial charge in [-0.2, -0.15) is 0 Å². The molecule has 1 unspecified atom stereocenters. The van der Waals surface area contributed by atoms with Gasteiger partial charge in [-0.3, -0.25) is 9.69 Å². The highest BCUT2D eigenvalue weighted by atomic mass is 32.2. The lowest BCUT2D eigenvalue weighted by Gasteiger charge is -2.26. The van der Waals surface area contributed by atoms with Crippen molar-refractivity contribution in [3.63, 3.8) is 0 Å². The Balaban J connectivity index is 0.00000218. The number of carbonyl (C=O) groups is 1. The van der Waals surface area contributed by atoms with Crippen molar-refractivity contribution in [2.24, 2.45) is 5.90 Å². The molecule has 0 amide bonds. The molecular weight excluding hydrogens is 408 g/mol. The summed E-state index contributed by atoms with van der Waals surface area (Å²) in [5.41, 5.74) is 2.14. The first-order valence-electron chi connectivity index (χ1n) is 10.4. The Morgan fingerprint density at radius 1 is 1.17 bits per heavy atom. The number of hydroxylamine groups is 1. The number of piperazine rings is 1. The van der Waals surface area contributed by atoms with Crippen LogP contribution in [0.1, 0.15) is 32.1 Å². The molecule has 0 bridgehead atoms. The number of unbranched alkanes of at least 4 members (excludes halogenated alkanes) is 3. The van der Waals surface area contributed by atoms with Crippen LogP contribution in [0, 0.1) is 0 Å². The minimum atomic E-state index is -0.765. The van der Waals surface area contributed by atoms with Crippen molar-refractivity contribution < 1.29 is 25.1 Å². The number of thioether (sulfide) groups is 1. The van der Waals surface area contributed by atoms with Crippen molar-refractivity contribution in [1.29, 1.82) is 0 Å². The van der Waals surface area contributed by atoms with E-state index in [1.54, 1.807) is 0 Å². The molecule has 2 rings (SSSR count). The number of nitrogens with two attached hydrogens (primary N) is 1. The van der Waals surface area contributed by atoms with Crippen LogP contribution in [0.15, 0.2) is 29.2 Å². The van der Waals surface area contributed by atoms with Crippen molar-refractivity contribution in [3.8, 4) is 5.75 Å². The Kier molecular flexibility index (Phi) is 15.4. The Labute approximate surface area is 182 Å². The normalized spacial score (nSPS) is 15.2. The molecule has 1 aromatic carbocycles. The van der Waals surface area contributed by atoms with Crippen LogP contribution in [0.25, 0.3) is 0 Å². The third-order valence-electron chi connectivity index (χ3n) is 4.77. The van der Waals surface area contributed by atoms with E-state index in [9.17, 15) is 9.90 Å². The van der Waals surface area contributed by atoms with Crippen molar-refractivity contribution in [2.45, 2.75) is 42.2 Å². The monoisotopic (exact) mass is 444 g/mol. The summed E-state index contributed by atoms with van der Waals surface area (Å²) >= 11 is 1.40. The first-order chi connectivity index (χ1) is 14.7. The molecule has 1 fully saturated rings. The molecule has 1 aliphatic heterocycles. The van der Waals surface area contributed by atoms with Gasteiger partial charge in [0.05, 0.1) is 0 Å². The highest BCUT2D eigenvalue weighted by molar-refractivity contribution is 8.00. The average molecular weight is 445 g/mol. The topological polar surface area (TPSA) is 140 Å². The Morgan fingerprint density at radius 3 is 2.47 bits per heavy atom. The second kappa shape index (κ2) is 17.3. The van der Waals surface area contributed by atoms with Gasteiger partial charge in [0.15, 0.2) is 0 Å². The number of hydrogen-bond donors (Lipinski definition) is 6. The fourth-order valence-corrected chi connectivity index (χ4v) is 4.13. The second-order valence-corrected chi connectivity index (χ2v) is 8.24. The summed E-state index contributed by atoms with van der Waals surface area (Å²) in [4.78, 5) is 14.9. The molecular formula is C20H36N4O5S. The highest BCUT2D eigenvalue weighted by Gasteiger charge is 2.18. The van der Waals surface area contributed by atoms with Crippen LogP contribution >= 0.6 is 11.8 Å². The summed E-state index contributed by atoms with van der Waals surface area (Å²) in [5.74, 6) is 3.56. The summed E-state index contributed by atoms with van der Waals surface area (Å²) in [6.07, 6.45) is 4.39. The number of hydrogen-bond acceptors (Lipinski definition) is 9. The number of ether oxygens (including phenoxy) is 1. The number of benzene rings is 1. The molecule has 1 atom stereocenters. The number of carboxylic acids is 1. The van der Waals surface area contributed by atoms with Crippen LogP contribution in [-0.2, 0) is 4.79 Å². The minimum Gasteiger partial charge on any atom is -0.492 e. The quantitative estimate of drug-likeness (QED) is 0.143. The zero-order chi connectivity index (χ0) is 22.0. The van der Waals surface area contributed by atoms with Gasteiger partial charge in [-0.05, 0) is 37.1 Å². The van der Waals surface area contributed by atoms with Crippen LogP contribution in [0.5, 0.6) is 5.75 Å². The van der Waals surface area contributed by atoms with E-state index in [0.29, 0.717) is 19.6 Å².